The molecule has 1 saturated heterocycles. The SMILES string of the molecule is Cc1nc(-c2ccc(F)cc2)sc1-c1nc(C2CNCCN2C)no1.Cl. The minimum Gasteiger partial charge on any atom is -0.333 e. The fourth-order valence-electron chi connectivity index (χ4n) is 2.87. The third-order valence-corrected chi connectivity index (χ3v) is 5.53. The van der Waals surface area contributed by atoms with Gasteiger partial charge >= 0.3 is 0 Å². The zero-order valence-electron chi connectivity index (χ0n) is 14.4. The highest BCUT2D eigenvalue weighted by atomic mass is 35.5. The number of halogens is 2. The Labute approximate surface area is 160 Å². The number of aryl methyl sites for hydroxylation is 1. The van der Waals surface area contributed by atoms with Crippen molar-refractivity contribution in [1.29, 1.82) is 0 Å². The predicted octanol–water partition coefficient (Wildman–Crippen LogP) is 3.31. The zero-order valence-corrected chi connectivity index (χ0v) is 16.0. The maximum atomic E-state index is 13.1. The standard InChI is InChI=1S/C17H18FN5OS.ClH/c1-10-14(25-17(20-10)11-3-5-12(18)6-4-11)16-21-15(22-24-16)13-9-19-7-8-23(13)2;/h3-6,13,19H,7-9H2,1-2H3;1H. The lowest BCUT2D eigenvalue weighted by atomic mass is 10.2. The van der Waals surface area contributed by atoms with E-state index in [4.69, 9.17) is 4.52 Å². The average Bonchev–Trinajstić information content (AvgIpc) is 3.23. The molecule has 3 aromatic rings. The topological polar surface area (TPSA) is 67.1 Å². The summed E-state index contributed by atoms with van der Waals surface area (Å²) in [7, 11) is 2.06. The van der Waals surface area contributed by atoms with E-state index in [-0.39, 0.29) is 24.3 Å². The molecule has 1 aromatic carbocycles. The second-order valence-corrected chi connectivity index (χ2v) is 7.10. The van der Waals surface area contributed by atoms with Gasteiger partial charge in [0.1, 0.15) is 15.7 Å². The Morgan fingerprint density at radius 3 is 2.77 bits per heavy atom. The molecule has 138 valence electrons. The molecule has 0 saturated carbocycles. The van der Waals surface area contributed by atoms with Crippen LogP contribution in [0.3, 0.4) is 0 Å². The van der Waals surface area contributed by atoms with Crippen molar-refractivity contribution >= 4 is 23.7 Å². The number of piperazine rings is 1. The van der Waals surface area contributed by atoms with Crippen molar-refractivity contribution in [2.75, 3.05) is 26.7 Å². The molecular weight excluding hydrogens is 377 g/mol. The minimum atomic E-state index is -0.260. The van der Waals surface area contributed by atoms with Crippen molar-refractivity contribution in [1.82, 2.24) is 25.3 Å². The van der Waals surface area contributed by atoms with Crippen LogP contribution in [-0.2, 0) is 0 Å². The van der Waals surface area contributed by atoms with E-state index in [1.165, 1.54) is 23.5 Å². The van der Waals surface area contributed by atoms with Gasteiger partial charge in [-0.1, -0.05) is 5.16 Å². The molecule has 26 heavy (non-hydrogen) atoms. The number of benzene rings is 1. The maximum Gasteiger partial charge on any atom is 0.269 e. The monoisotopic (exact) mass is 395 g/mol. The molecule has 2 aromatic heterocycles. The first-order valence-corrected chi connectivity index (χ1v) is 8.92. The van der Waals surface area contributed by atoms with Crippen molar-refractivity contribution in [3.8, 4) is 21.3 Å². The normalized spacial score (nSPS) is 17.9. The summed E-state index contributed by atoms with van der Waals surface area (Å²) in [5.41, 5.74) is 1.70. The summed E-state index contributed by atoms with van der Waals surface area (Å²) >= 11 is 1.47. The van der Waals surface area contributed by atoms with Gasteiger partial charge in [-0.3, -0.25) is 4.90 Å². The first kappa shape index (κ1) is 18.9. The van der Waals surface area contributed by atoms with Crippen LogP contribution in [0.5, 0.6) is 0 Å². The number of nitrogens with one attached hydrogen (secondary N) is 1. The van der Waals surface area contributed by atoms with Crippen molar-refractivity contribution < 1.29 is 8.91 Å². The molecule has 0 spiro atoms. The lowest BCUT2D eigenvalue weighted by Gasteiger charge is -2.30. The Balaban J connectivity index is 0.00000196. The van der Waals surface area contributed by atoms with Gasteiger partial charge in [-0.2, -0.15) is 4.98 Å². The number of rotatable bonds is 3. The molecule has 1 atom stereocenters. The van der Waals surface area contributed by atoms with Gasteiger partial charge in [-0.15, -0.1) is 23.7 Å². The Morgan fingerprint density at radius 1 is 1.27 bits per heavy atom. The number of likely N-dealkylation sites (N-methyl/N-ethyl adjacent to an activating group) is 1. The quantitative estimate of drug-likeness (QED) is 0.733. The summed E-state index contributed by atoms with van der Waals surface area (Å²) in [4.78, 5) is 12.2. The van der Waals surface area contributed by atoms with Crippen LogP contribution in [0.25, 0.3) is 21.3 Å². The van der Waals surface area contributed by atoms with E-state index in [1.54, 1.807) is 12.1 Å². The first-order chi connectivity index (χ1) is 12.1. The van der Waals surface area contributed by atoms with E-state index in [0.717, 1.165) is 40.8 Å². The lowest BCUT2D eigenvalue weighted by molar-refractivity contribution is 0.190. The fourth-order valence-corrected chi connectivity index (χ4v) is 3.86. The summed E-state index contributed by atoms with van der Waals surface area (Å²) in [5, 5.41) is 8.32. The molecular formula is C17H19ClFN5OS. The summed E-state index contributed by atoms with van der Waals surface area (Å²) in [6.07, 6.45) is 0. The highest BCUT2D eigenvalue weighted by Gasteiger charge is 2.26. The van der Waals surface area contributed by atoms with Crippen LogP contribution in [0, 0.1) is 12.7 Å². The van der Waals surface area contributed by atoms with Crippen LogP contribution in [0.15, 0.2) is 28.8 Å². The Hall–Kier alpha value is -1.87. The average molecular weight is 396 g/mol. The van der Waals surface area contributed by atoms with Crippen LogP contribution in [0.4, 0.5) is 4.39 Å². The molecule has 0 radical (unpaired) electrons. The highest BCUT2D eigenvalue weighted by Crippen LogP contribution is 2.35. The van der Waals surface area contributed by atoms with Crippen LogP contribution < -0.4 is 5.32 Å². The van der Waals surface area contributed by atoms with E-state index in [2.05, 4.69) is 32.4 Å². The van der Waals surface area contributed by atoms with Gasteiger partial charge in [-0.25, -0.2) is 9.37 Å². The van der Waals surface area contributed by atoms with E-state index in [0.29, 0.717) is 11.7 Å². The van der Waals surface area contributed by atoms with Crippen LogP contribution in [0.1, 0.15) is 17.6 Å². The zero-order chi connectivity index (χ0) is 17.4. The van der Waals surface area contributed by atoms with Crippen molar-refractivity contribution in [3.63, 3.8) is 0 Å². The van der Waals surface area contributed by atoms with Crippen LogP contribution >= 0.6 is 23.7 Å². The van der Waals surface area contributed by atoms with Gasteiger partial charge < -0.3 is 9.84 Å². The smallest absolute Gasteiger partial charge is 0.269 e. The van der Waals surface area contributed by atoms with Crippen LogP contribution in [-0.4, -0.2) is 46.7 Å². The Bertz CT molecular complexity index is 882. The predicted molar refractivity (Wildman–Crippen MR) is 101 cm³/mol. The largest absolute Gasteiger partial charge is 0.333 e. The summed E-state index contributed by atoms with van der Waals surface area (Å²) in [6, 6.07) is 6.42. The minimum absolute atomic E-state index is 0. The summed E-state index contributed by atoms with van der Waals surface area (Å²) in [5.74, 6) is 0.905. The molecule has 6 nitrogen and oxygen atoms in total. The number of aromatic nitrogens is 3. The second-order valence-electron chi connectivity index (χ2n) is 6.10. The fraction of sp³-hybridized carbons (Fsp3) is 0.353. The molecule has 1 aliphatic rings. The van der Waals surface area contributed by atoms with Crippen LogP contribution in [0.2, 0.25) is 0 Å². The van der Waals surface area contributed by atoms with Gasteiger partial charge in [0.25, 0.3) is 5.89 Å². The molecule has 4 rings (SSSR count). The van der Waals surface area contributed by atoms with Gasteiger partial charge in [0, 0.05) is 25.2 Å². The highest BCUT2D eigenvalue weighted by molar-refractivity contribution is 7.18. The van der Waals surface area contributed by atoms with Crippen molar-refractivity contribution in [2.24, 2.45) is 0 Å². The van der Waals surface area contributed by atoms with Crippen molar-refractivity contribution in [2.45, 2.75) is 13.0 Å². The van der Waals surface area contributed by atoms with Gasteiger partial charge in [0.2, 0.25) is 0 Å². The Kier molecular flexibility index (Phi) is 5.67. The molecule has 3 heterocycles. The van der Waals surface area contributed by atoms with Gasteiger partial charge in [0.15, 0.2) is 5.82 Å². The van der Waals surface area contributed by atoms with Gasteiger partial charge in [0.05, 0.1) is 11.7 Å². The Morgan fingerprint density at radius 2 is 2.04 bits per heavy atom. The maximum absolute atomic E-state index is 13.1. The number of nitrogens with zero attached hydrogens (tertiary/aromatic N) is 4. The third-order valence-electron chi connectivity index (χ3n) is 4.33. The molecule has 0 aliphatic carbocycles. The molecule has 0 bridgehead atoms. The molecule has 1 unspecified atom stereocenters. The van der Waals surface area contributed by atoms with Gasteiger partial charge in [-0.05, 0) is 38.2 Å². The summed E-state index contributed by atoms with van der Waals surface area (Å²) < 4.78 is 18.6. The van der Waals surface area contributed by atoms with E-state index >= 15 is 0 Å². The summed E-state index contributed by atoms with van der Waals surface area (Å²) in [6.45, 7) is 4.63. The first-order valence-electron chi connectivity index (χ1n) is 8.10. The van der Waals surface area contributed by atoms with E-state index in [9.17, 15) is 4.39 Å². The number of hydrogen-bond acceptors (Lipinski definition) is 7. The number of hydrogen-bond donors (Lipinski definition) is 1. The molecule has 0 amide bonds. The van der Waals surface area contributed by atoms with E-state index in [1.807, 2.05) is 6.92 Å². The molecule has 1 N–H and O–H groups in total. The second kappa shape index (κ2) is 7.79. The molecule has 1 aliphatic heterocycles. The van der Waals surface area contributed by atoms with E-state index < -0.39 is 0 Å². The third kappa shape index (κ3) is 3.64. The number of thiazole rings is 1. The lowest BCUT2D eigenvalue weighted by Crippen LogP contribution is -2.44. The molecule has 9 heteroatoms. The molecule has 1 fully saturated rings. The van der Waals surface area contributed by atoms with Crippen molar-refractivity contribution in [3.05, 3.63) is 41.6 Å².